The predicted molar refractivity (Wildman–Crippen MR) is 29.5 cm³/mol. The van der Waals surface area contributed by atoms with Crippen LogP contribution >= 0.6 is 11.6 Å². The van der Waals surface area contributed by atoms with Gasteiger partial charge in [0.25, 0.3) is 0 Å². The summed E-state index contributed by atoms with van der Waals surface area (Å²) in [4.78, 5) is 10.1. The van der Waals surface area contributed by atoms with Crippen LogP contribution in [-0.4, -0.2) is 12.1 Å². The molecule has 44 valence electrons. The Balaban J connectivity index is 2.35. The maximum Gasteiger partial charge on any atom is 0.310 e. The predicted octanol–water partition coefficient (Wildman–Crippen LogP) is 1.05. The lowest BCUT2D eigenvalue weighted by Crippen LogP contribution is -2.32. The lowest BCUT2D eigenvalue weighted by atomic mass is 10.2. The summed E-state index contributed by atoms with van der Waals surface area (Å²) < 4.78 is 4.53. The molecule has 0 spiro atoms. The highest BCUT2D eigenvalue weighted by Crippen LogP contribution is 2.21. The largest absolute Gasteiger partial charge is 0.456 e. The molecule has 2 nitrogen and oxygen atoms in total. The molecule has 1 saturated heterocycles. The minimum atomic E-state index is -0.218. The fourth-order valence-electron chi connectivity index (χ4n) is 0.475. The molecule has 0 bridgehead atoms. The highest BCUT2D eigenvalue weighted by atomic mass is 35.5. The minimum Gasteiger partial charge on any atom is -0.456 e. The molecular weight excluding hydrogens is 128 g/mol. The number of carbonyl (C=O) groups excluding carboxylic acids is 1. The molecule has 0 amide bonds. The molecule has 1 heterocycles. The third-order valence-electron chi connectivity index (χ3n) is 0.975. The molecule has 0 aromatic heterocycles. The lowest BCUT2D eigenvalue weighted by molar-refractivity contribution is -0.164. The third kappa shape index (κ3) is 0.842. The summed E-state index contributed by atoms with van der Waals surface area (Å²) in [7, 11) is 0. The van der Waals surface area contributed by atoms with Gasteiger partial charge >= 0.3 is 5.97 Å². The zero-order chi connectivity index (χ0) is 6.15. The highest BCUT2D eigenvalue weighted by Gasteiger charge is 2.29. The minimum absolute atomic E-state index is 0.197. The van der Waals surface area contributed by atoms with E-state index in [0.29, 0.717) is 11.5 Å². The molecule has 1 rings (SSSR count). The van der Waals surface area contributed by atoms with Crippen molar-refractivity contribution < 1.29 is 9.53 Å². The second-order valence-corrected chi connectivity index (χ2v) is 2.11. The highest BCUT2D eigenvalue weighted by molar-refractivity contribution is 6.30. The van der Waals surface area contributed by atoms with Crippen LogP contribution in [0.3, 0.4) is 0 Å². The molecule has 1 fully saturated rings. The fraction of sp³-hybridized carbons (Fsp3) is 0.400. The number of ether oxygens (including phenoxy) is 1. The van der Waals surface area contributed by atoms with E-state index in [9.17, 15) is 4.79 Å². The number of esters is 1. The van der Waals surface area contributed by atoms with Crippen molar-refractivity contribution in [3.8, 4) is 0 Å². The van der Waals surface area contributed by atoms with Gasteiger partial charge in [0, 0.05) is 0 Å². The molecule has 0 aromatic rings. The third-order valence-corrected chi connectivity index (χ3v) is 1.22. The van der Waals surface area contributed by atoms with Crippen LogP contribution in [-0.2, 0) is 9.53 Å². The normalized spacial score (nSPS) is 26.1. The fourth-order valence-corrected chi connectivity index (χ4v) is 0.597. The average molecular weight is 133 g/mol. The van der Waals surface area contributed by atoms with Crippen LogP contribution in [0.15, 0.2) is 11.6 Å². The first-order valence-corrected chi connectivity index (χ1v) is 2.61. The second-order valence-electron chi connectivity index (χ2n) is 1.63. The number of cyclic esters (lactones) is 1. The van der Waals surface area contributed by atoms with E-state index < -0.39 is 0 Å². The van der Waals surface area contributed by atoms with Crippen LogP contribution < -0.4 is 0 Å². The summed E-state index contributed by atoms with van der Waals surface area (Å²) in [5.41, 5.74) is 0. The zero-order valence-electron chi connectivity index (χ0n) is 4.19. The Morgan fingerprint density at radius 3 is 2.62 bits per heavy atom. The van der Waals surface area contributed by atoms with Gasteiger partial charge in [0.15, 0.2) is 0 Å². The summed E-state index contributed by atoms with van der Waals surface area (Å²) in [6.45, 7) is 3.40. The van der Waals surface area contributed by atoms with Crippen LogP contribution in [0.4, 0.5) is 0 Å². The zero-order valence-corrected chi connectivity index (χ0v) is 4.94. The van der Waals surface area contributed by atoms with E-state index in [-0.39, 0.29) is 12.1 Å². The molecule has 1 aliphatic heterocycles. The van der Waals surface area contributed by atoms with Gasteiger partial charge in [-0.15, -0.1) is 0 Å². The summed E-state index contributed by atoms with van der Waals surface area (Å²) in [6, 6.07) is 0. The van der Waals surface area contributed by atoms with E-state index in [1.807, 2.05) is 0 Å². The van der Waals surface area contributed by atoms with E-state index in [2.05, 4.69) is 11.3 Å². The van der Waals surface area contributed by atoms with Gasteiger partial charge in [-0.25, -0.2) is 0 Å². The Morgan fingerprint density at radius 2 is 2.50 bits per heavy atom. The second kappa shape index (κ2) is 1.78. The molecule has 0 aromatic carbocycles. The topological polar surface area (TPSA) is 26.3 Å². The van der Waals surface area contributed by atoms with Gasteiger partial charge in [-0.1, -0.05) is 18.2 Å². The van der Waals surface area contributed by atoms with E-state index >= 15 is 0 Å². The maximum absolute atomic E-state index is 10.1. The summed E-state index contributed by atoms with van der Waals surface area (Å²) in [5.74, 6) is -0.197. The van der Waals surface area contributed by atoms with Gasteiger partial charge in [0.05, 0.1) is 11.5 Å². The molecular formula is C5H5ClO2. The van der Waals surface area contributed by atoms with Crippen LogP contribution in [0, 0.1) is 0 Å². The van der Waals surface area contributed by atoms with E-state index in [4.69, 9.17) is 11.6 Å². The summed E-state index contributed by atoms with van der Waals surface area (Å²) >= 11 is 5.37. The number of hydrogen-bond acceptors (Lipinski definition) is 2. The summed E-state index contributed by atoms with van der Waals surface area (Å²) in [5, 5.41) is 0.407. The standard InChI is InChI=1S/C5H5ClO2/c1-3(6)4-2-5(7)8-4/h4H,1-2H2. The Morgan fingerprint density at radius 1 is 2.00 bits per heavy atom. The molecule has 0 N–H and O–H groups in total. The first kappa shape index (κ1) is 5.63. The van der Waals surface area contributed by atoms with Crippen LogP contribution in [0.1, 0.15) is 6.42 Å². The molecule has 3 heteroatoms. The smallest absolute Gasteiger partial charge is 0.310 e. The number of rotatable bonds is 1. The quantitative estimate of drug-likeness (QED) is 0.499. The molecule has 0 radical (unpaired) electrons. The van der Waals surface area contributed by atoms with Crippen molar-refractivity contribution in [2.45, 2.75) is 12.5 Å². The van der Waals surface area contributed by atoms with Gasteiger partial charge in [-0.2, -0.15) is 0 Å². The van der Waals surface area contributed by atoms with Gasteiger partial charge in [0.2, 0.25) is 0 Å². The SMILES string of the molecule is C=C(Cl)C1CC(=O)O1. The van der Waals surface area contributed by atoms with Gasteiger partial charge < -0.3 is 4.74 Å². The molecule has 1 atom stereocenters. The van der Waals surface area contributed by atoms with Crippen molar-refractivity contribution in [1.29, 1.82) is 0 Å². The Kier molecular flexibility index (Phi) is 1.26. The van der Waals surface area contributed by atoms with E-state index in [1.165, 1.54) is 0 Å². The molecule has 1 aliphatic rings. The van der Waals surface area contributed by atoms with Crippen molar-refractivity contribution in [2.24, 2.45) is 0 Å². The Bertz CT molecular complexity index is 133. The van der Waals surface area contributed by atoms with Crippen LogP contribution in [0.25, 0.3) is 0 Å². The van der Waals surface area contributed by atoms with Crippen LogP contribution in [0.5, 0.6) is 0 Å². The van der Waals surface area contributed by atoms with Gasteiger partial charge in [0.1, 0.15) is 6.10 Å². The molecule has 8 heavy (non-hydrogen) atoms. The number of hydrogen-bond donors (Lipinski definition) is 0. The summed E-state index contributed by atoms with van der Waals surface area (Å²) in [6.07, 6.45) is 0.173. The first-order valence-electron chi connectivity index (χ1n) is 2.24. The van der Waals surface area contributed by atoms with E-state index in [1.54, 1.807) is 0 Å². The molecule has 0 aliphatic carbocycles. The molecule has 0 saturated carbocycles. The molecule has 1 unspecified atom stereocenters. The van der Waals surface area contributed by atoms with Crippen molar-refractivity contribution in [1.82, 2.24) is 0 Å². The Labute approximate surface area is 52.1 Å². The number of carbonyl (C=O) groups is 1. The first-order chi connectivity index (χ1) is 3.70. The maximum atomic E-state index is 10.1. The van der Waals surface area contributed by atoms with E-state index in [0.717, 1.165) is 0 Å². The van der Waals surface area contributed by atoms with Crippen LogP contribution in [0.2, 0.25) is 0 Å². The van der Waals surface area contributed by atoms with Crippen molar-refractivity contribution >= 4 is 17.6 Å². The van der Waals surface area contributed by atoms with Gasteiger partial charge in [-0.3, -0.25) is 4.79 Å². The van der Waals surface area contributed by atoms with Crippen molar-refractivity contribution in [3.63, 3.8) is 0 Å². The van der Waals surface area contributed by atoms with Gasteiger partial charge in [-0.05, 0) is 0 Å². The average Bonchev–Trinajstić information content (AvgIpc) is 1.57. The Hall–Kier alpha value is -0.500. The van der Waals surface area contributed by atoms with Crippen molar-refractivity contribution in [3.05, 3.63) is 11.6 Å². The van der Waals surface area contributed by atoms with Crippen molar-refractivity contribution in [2.75, 3.05) is 0 Å². The number of halogens is 1. The lowest BCUT2D eigenvalue weighted by Gasteiger charge is -2.23. The monoisotopic (exact) mass is 132 g/mol.